The van der Waals surface area contributed by atoms with E-state index in [-0.39, 0.29) is 6.04 Å². The normalized spacial score (nSPS) is 20.1. The number of rotatable bonds is 2. The van der Waals surface area contributed by atoms with E-state index in [9.17, 15) is 5.11 Å². The lowest BCUT2D eigenvalue weighted by Gasteiger charge is -2.34. The Morgan fingerprint density at radius 3 is 2.75 bits per heavy atom. The van der Waals surface area contributed by atoms with Crippen molar-refractivity contribution in [2.75, 3.05) is 11.4 Å². The summed E-state index contributed by atoms with van der Waals surface area (Å²) >= 11 is 3.59. The number of halogens is 1. The molecule has 1 aliphatic heterocycles. The van der Waals surface area contributed by atoms with E-state index in [2.05, 4.69) is 46.0 Å². The van der Waals surface area contributed by atoms with E-state index < -0.39 is 5.60 Å². The summed E-state index contributed by atoms with van der Waals surface area (Å²) in [6.45, 7) is 6.84. The summed E-state index contributed by atoms with van der Waals surface area (Å²) in [4.78, 5) is 2.29. The Hall–Kier alpha value is -0.540. The highest BCUT2D eigenvalue weighted by Gasteiger charge is 2.38. The van der Waals surface area contributed by atoms with Gasteiger partial charge in [-0.3, -0.25) is 0 Å². The predicted molar refractivity (Wildman–Crippen MR) is 71.0 cm³/mol. The van der Waals surface area contributed by atoms with Crippen LogP contribution in [0.4, 0.5) is 5.69 Å². The van der Waals surface area contributed by atoms with Gasteiger partial charge in [0.1, 0.15) is 0 Å². The molecule has 1 aliphatic rings. The number of hydrogen-bond donors (Lipinski definition) is 1. The van der Waals surface area contributed by atoms with Crippen LogP contribution >= 0.6 is 15.9 Å². The average molecular weight is 284 g/mol. The molecule has 1 aromatic carbocycles. The van der Waals surface area contributed by atoms with Crippen molar-refractivity contribution in [3.05, 3.63) is 28.2 Å². The molecule has 1 N–H and O–H groups in total. The number of benzene rings is 1. The van der Waals surface area contributed by atoms with Gasteiger partial charge < -0.3 is 10.0 Å². The summed E-state index contributed by atoms with van der Waals surface area (Å²) < 4.78 is 1.15. The number of nitrogens with zero attached hydrogens (tertiary/aromatic N) is 1. The molecule has 0 bridgehead atoms. The van der Waals surface area contributed by atoms with Crippen molar-refractivity contribution in [3.8, 4) is 0 Å². The molecule has 1 unspecified atom stereocenters. The third-order valence-electron chi connectivity index (χ3n) is 3.33. The molecule has 0 saturated carbocycles. The van der Waals surface area contributed by atoms with Crippen molar-refractivity contribution in [1.29, 1.82) is 0 Å². The molecule has 0 fully saturated rings. The van der Waals surface area contributed by atoms with Crippen molar-refractivity contribution in [2.24, 2.45) is 0 Å². The maximum atomic E-state index is 10.2. The zero-order chi connectivity index (χ0) is 11.9. The zero-order valence-electron chi connectivity index (χ0n) is 10.00. The zero-order valence-corrected chi connectivity index (χ0v) is 11.6. The number of likely N-dealkylation sites (N-methyl/N-ethyl adjacent to an activating group) is 1. The van der Waals surface area contributed by atoms with E-state index in [4.69, 9.17) is 0 Å². The lowest BCUT2D eigenvalue weighted by Crippen LogP contribution is -2.47. The molecule has 1 atom stereocenters. The Morgan fingerprint density at radius 1 is 1.50 bits per heavy atom. The van der Waals surface area contributed by atoms with Crippen LogP contribution in [0.25, 0.3) is 0 Å². The lowest BCUT2D eigenvalue weighted by molar-refractivity contribution is 0.0520. The topological polar surface area (TPSA) is 23.5 Å². The fraction of sp³-hybridized carbons (Fsp3) is 0.538. The van der Waals surface area contributed by atoms with Gasteiger partial charge >= 0.3 is 0 Å². The Labute approximate surface area is 105 Å². The van der Waals surface area contributed by atoms with Gasteiger partial charge in [-0.05, 0) is 44.9 Å². The van der Waals surface area contributed by atoms with E-state index in [1.54, 1.807) is 0 Å². The minimum atomic E-state index is -0.672. The second-order valence-corrected chi connectivity index (χ2v) is 5.75. The highest BCUT2D eigenvalue weighted by molar-refractivity contribution is 9.10. The molecule has 1 aromatic rings. The Kier molecular flexibility index (Phi) is 3.01. The Balaban J connectivity index is 2.44. The molecule has 3 heteroatoms. The molecule has 1 heterocycles. The van der Waals surface area contributed by atoms with Crippen LogP contribution in [0.1, 0.15) is 26.3 Å². The summed E-state index contributed by atoms with van der Waals surface area (Å²) in [5.41, 5.74) is 1.90. The van der Waals surface area contributed by atoms with Crippen LogP contribution in [0.2, 0.25) is 0 Å². The minimum absolute atomic E-state index is 0.172. The van der Waals surface area contributed by atoms with E-state index in [1.165, 1.54) is 11.3 Å². The number of hydrogen-bond acceptors (Lipinski definition) is 2. The van der Waals surface area contributed by atoms with Crippen molar-refractivity contribution in [3.63, 3.8) is 0 Å². The van der Waals surface area contributed by atoms with Crippen molar-refractivity contribution in [1.82, 2.24) is 0 Å². The molecular formula is C13H18BrNO. The quantitative estimate of drug-likeness (QED) is 0.902. The second-order valence-electron chi connectivity index (χ2n) is 4.90. The van der Waals surface area contributed by atoms with Crippen LogP contribution in [0.3, 0.4) is 0 Å². The van der Waals surface area contributed by atoms with Gasteiger partial charge in [0.15, 0.2) is 0 Å². The third-order valence-corrected chi connectivity index (χ3v) is 4.08. The first-order valence-corrected chi connectivity index (χ1v) is 6.51. The number of aliphatic hydroxyl groups is 1. The van der Waals surface area contributed by atoms with Gasteiger partial charge in [-0.2, -0.15) is 0 Å². The van der Waals surface area contributed by atoms with Gasteiger partial charge in [0.25, 0.3) is 0 Å². The molecule has 0 aromatic heterocycles. The van der Waals surface area contributed by atoms with Gasteiger partial charge in [-0.25, -0.2) is 0 Å². The molecule has 16 heavy (non-hydrogen) atoms. The molecule has 2 nitrogen and oxygen atoms in total. The van der Waals surface area contributed by atoms with Crippen LogP contribution in [0.15, 0.2) is 22.7 Å². The summed E-state index contributed by atoms with van der Waals surface area (Å²) in [7, 11) is 0. The molecule has 2 rings (SSSR count). The Morgan fingerprint density at radius 2 is 2.19 bits per heavy atom. The van der Waals surface area contributed by atoms with Crippen molar-refractivity contribution >= 4 is 21.6 Å². The molecular weight excluding hydrogens is 266 g/mol. The van der Waals surface area contributed by atoms with Gasteiger partial charge in [-0.1, -0.05) is 22.0 Å². The maximum Gasteiger partial charge on any atom is 0.0797 e. The van der Waals surface area contributed by atoms with Crippen molar-refractivity contribution in [2.45, 2.75) is 38.8 Å². The van der Waals surface area contributed by atoms with Crippen molar-refractivity contribution < 1.29 is 5.11 Å². The van der Waals surface area contributed by atoms with Gasteiger partial charge in [0, 0.05) is 16.7 Å². The van der Waals surface area contributed by atoms with Crippen LogP contribution in [0, 0.1) is 0 Å². The lowest BCUT2D eigenvalue weighted by atomic mass is 9.95. The summed E-state index contributed by atoms with van der Waals surface area (Å²) in [5.74, 6) is 0. The number of anilines is 1. The van der Waals surface area contributed by atoms with Crippen LogP contribution in [0.5, 0.6) is 0 Å². The van der Waals surface area contributed by atoms with E-state index in [0.29, 0.717) is 0 Å². The predicted octanol–water partition coefficient (Wildman–Crippen LogP) is 2.97. The van der Waals surface area contributed by atoms with Gasteiger partial charge in [0.2, 0.25) is 0 Å². The fourth-order valence-corrected chi connectivity index (χ4v) is 3.03. The first-order chi connectivity index (χ1) is 7.45. The highest BCUT2D eigenvalue weighted by atomic mass is 79.9. The Bertz CT molecular complexity index is 397. The van der Waals surface area contributed by atoms with Crippen LogP contribution in [-0.2, 0) is 6.42 Å². The van der Waals surface area contributed by atoms with Crippen LogP contribution in [-0.4, -0.2) is 23.3 Å². The standard InChI is InChI=1S/C13H18BrNO/c1-4-15-11-7-5-6-10(14)9(11)8-12(15)13(2,3)16/h5-7,12,16H,4,8H2,1-3H3. The van der Waals surface area contributed by atoms with E-state index >= 15 is 0 Å². The second kappa shape index (κ2) is 4.04. The number of fused-ring (bicyclic) bond motifs is 1. The average Bonchev–Trinajstić information content (AvgIpc) is 2.57. The first kappa shape index (κ1) is 11.9. The SMILES string of the molecule is CCN1c2cccc(Br)c2CC1C(C)(C)O. The first-order valence-electron chi connectivity index (χ1n) is 5.71. The van der Waals surface area contributed by atoms with E-state index in [0.717, 1.165) is 17.4 Å². The van der Waals surface area contributed by atoms with Gasteiger partial charge in [0.05, 0.1) is 11.6 Å². The molecule has 0 amide bonds. The van der Waals surface area contributed by atoms with Gasteiger partial charge in [-0.15, -0.1) is 0 Å². The monoisotopic (exact) mass is 283 g/mol. The summed E-state index contributed by atoms with van der Waals surface area (Å²) in [6, 6.07) is 6.43. The minimum Gasteiger partial charge on any atom is -0.388 e. The van der Waals surface area contributed by atoms with E-state index in [1.807, 2.05) is 13.8 Å². The molecule has 0 radical (unpaired) electrons. The third kappa shape index (κ3) is 1.87. The highest BCUT2D eigenvalue weighted by Crippen LogP contribution is 2.39. The maximum absolute atomic E-state index is 10.2. The van der Waals surface area contributed by atoms with Crippen LogP contribution < -0.4 is 4.90 Å². The smallest absolute Gasteiger partial charge is 0.0797 e. The largest absolute Gasteiger partial charge is 0.388 e. The molecule has 88 valence electrons. The molecule has 0 aliphatic carbocycles. The molecule has 0 saturated heterocycles. The summed E-state index contributed by atoms with van der Waals surface area (Å²) in [5, 5.41) is 10.2. The fourth-order valence-electron chi connectivity index (χ4n) is 2.51. The molecule has 0 spiro atoms. The summed E-state index contributed by atoms with van der Waals surface area (Å²) in [6.07, 6.45) is 0.911.